The summed E-state index contributed by atoms with van der Waals surface area (Å²) in [6.45, 7) is 3.51. The van der Waals surface area contributed by atoms with E-state index in [1.165, 1.54) is 5.56 Å². The largest absolute Gasteiger partial charge is 0.368 e. The summed E-state index contributed by atoms with van der Waals surface area (Å²) in [5.41, 5.74) is 6.15. The number of carbonyl (C=O) groups excluding carboxylic acids is 2. The molecule has 1 heterocycles. The lowest BCUT2D eigenvalue weighted by Crippen LogP contribution is -2.59. The molecule has 1 aliphatic rings. The average molecular weight is 322 g/mol. The molecule has 1 saturated heterocycles. The quantitative estimate of drug-likeness (QED) is 0.820. The number of benzene rings is 1. The number of rotatable bonds is 6. The summed E-state index contributed by atoms with van der Waals surface area (Å²) >= 11 is 1.60. The molecule has 1 fully saturated rings. The summed E-state index contributed by atoms with van der Waals surface area (Å²) in [7, 11) is 0. The minimum absolute atomic E-state index is 0.0376. The van der Waals surface area contributed by atoms with Gasteiger partial charge < -0.3 is 15.8 Å². The van der Waals surface area contributed by atoms with E-state index in [2.05, 4.69) is 5.32 Å². The molecule has 0 radical (unpaired) electrons. The lowest BCUT2D eigenvalue weighted by atomic mass is 9.93. The smallest absolute Gasteiger partial charge is 0.238 e. The maximum atomic E-state index is 12.2. The summed E-state index contributed by atoms with van der Waals surface area (Å²) < 4.78 is 5.29. The number of hydrogen-bond donors (Lipinski definition) is 2. The predicted molar refractivity (Wildman–Crippen MR) is 87.5 cm³/mol. The highest BCUT2D eigenvalue weighted by Crippen LogP contribution is 2.22. The van der Waals surface area contributed by atoms with Crippen LogP contribution >= 0.6 is 11.8 Å². The molecule has 0 saturated carbocycles. The molecule has 1 aromatic rings. The number of ether oxygens (including phenoxy) is 1. The number of Topliss-reactive ketones (excluding diaryl/α,β-unsaturated/α-hetero) is 1. The lowest BCUT2D eigenvalue weighted by molar-refractivity contribution is -0.130. The van der Waals surface area contributed by atoms with Crippen LogP contribution in [0.3, 0.4) is 0 Å². The Hall–Kier alpha value is -1.37. The zero-order chi connectivity index (χ0) is 16.2. The van der Waals surface area contributed by atoms with Gasteiger partial charge in [0.2, 0.25) is 5.91 Å². The van der Waals surface area contributed by atoms with Crippen LogP contribution in [0.2, 0.25) is 0 Å². The third-order valence-electron chi connectivity index (χ3n) is 3.99. The fourth-order valence-corrected chi connectivity index (χ4v) is 3.17. The third-order valence-corrected chi connectivity index (χ3v) is 5.12. The molecule has 0 aliphatic carbocycles. The highest BCUT2D eigenvalue weighted by Gasteiger charge is 2.46. The van der Waals surface area contributed by atoms with Crippen molar-refractivity contribution in [2.45, 2.75) is 37.3 Å². The molecule has 0 aromatic heterocycles. The van der Waals surface area contributed by atoms with Gasteiger partial charge in [-0.05, 0) is 19.4 Å². The molecular formula is C16H22N2O3S. The van der Waals surface area contributed by atoms with Gasteiger partial charge in [-0.3, -0.25) is 9.59 Å². The number of nitrogens with two attached hydrogens (primary N) is 1. The van der Waals surface area contributed by atoms with Crippen molar-refractivity contribution in [3.63, 3.8) is 0 Å². The SMILES string of the molecule is CC1OCC(=O)C1(C)NC(=O)C(N)CSCc1ccccc1. The molecule has 3 unspecified atom stereocenters. The Balaban J connectivity index is 1.81. The normalized spacial score (nSPS) is 26.0. The van der Waals surface area contributed by atoms with Crippen LogP contribution in [0.5, 0.6) is 0 Å². The Kier molecular flexibility index (Phi) is 5.61. The van der Waals surface area contributed by atoms with Gasteiger partial charge in [-0.15, -0.1) is 0 Å². The van der Waals surface area contributed by atoms with Crippen molar-refractivity contribution in [3.05, 3.63) is 35.9 Å². The second-order valence-corrected chi connectivity index (χ2v) is 6.71. The van der Waals surface area contributed by atoms with Gasteiger partial charge >= 0.3 is 0 Å². The number of thioether (sulfide) groups is 1. The van der Waals surface area contributed by atoms with Gasteiger partial charge in [0, 0.05) is 11.5 Å². The van der Waals surface area contributed by atoms with Crippen molar-refractivity contribution in [2.75, 3.05) is 12.4 Å². The zero-order valence-corrected chi connectivity index (χ0v) is 13.7. The monoisotopic (exact) mass is 322 g/mol. The first kappa shape index (κ1) is 17.0. The minimum atomic E-state index is -0.973. The summed E-state index contributed by atoms with van der Waals surface area (Å²) in [5.74, 6) is 0.879. The number of amides is 1. The van der Waals surface area contributed by atoms with Crippen molar-refractivity contribution in [2.24, 2.45) is 5.73 Å². The highest BCUT2D eigenvalue weighted by atomic mass is 32.2. The molecular weight excluding hydrogens is 300 g/mol. The summed E-state index contributed by atoms with van der Waals surface area (Å²) in [6.07, 6.45) is -0.340. The summed E-state index contributed by atoms with van der Waals surface area (Å²) in [4.78, 5) is 24.1. The third kappa shape index (κ3) is 3.88. The molecule has 3 atom stereocenters. The first-order valence-electron chi connectivity index (χ1n) is 7.27. The van der Waals surface area contributed by atoms with E-state index in [9.17, 15) is 9.59 Å². The number of hydrogen-bond acceptors (Lipinski definition) is 5. The van der Waals surface area contributed by atoms with Crippen LogP contribution in [0.25, 0.3) is 0 Å². The van der Waals surface area contributed by atoms with E-state index in [0.29, 0.717) is 5.75 Å². The molecule has 5 nitrogen and oxygen atoms in total. The van der Waals surface area contributed by atoms with Gasteiger partial charge in [-0.25, -0.2) is 0 Å². The number of carbonyl (C=O) groups is 2. The second-order valence-electron chi connectivity index (χ2n) is 5.68. The maximum absolute atomic E-state index is 12.2. The van der Waals surface area contributed by atoms with E-state index >= 15 is 0 Å². The van der Waals surface area contributed by atoms with Gasteiger partial charge in [0.25, 0.3) is 0 Å². The molecule has 1 amide bonds. The fourth-order valence-electron chi connectivity index (χ4n) is 2.22. The van der Waals surface area contributed by atoms with Gasteiger partial charge in [-0.2, -0.15) is 11.8 Å². The minimum Gasteiger partial charge on any atom is -0.368 e. The Morgan fingerprint density at radius 3 is 2.77 bits per heavy atom. The molecule has 6 heteroatoms. The Morgan fingerprint density at radius 2 is 2.18 bits per heavy atom. The molecule has 0 spiro atoms. The van der Waals surface area contributed by atoms with Crippen molar-refractivity contribution < 1.29 is 14.3 Å². The van der Waals surface area contributed by atoms with Crippen LogP contribution < -0.4 is 11.1 Å². The summed E-state index contributed by atoms with van der Waals surface area (Å²) in [5, 5.41) is 2.75. The van der Waals surface area contributed by atoms with Crippen LogP contribution in [0.1, 0.15) is 19.4 Å². The van der Waals surface area contributed by atoms with Crippen LogP contribution in [0, 0.1) is 0 Å². The Labute approximate surface area is 135 Å². The zero-order valence-electron chi connectivity index (χ0n) is 12.9. The lowest BCUT2D eigenvalue weighted by Gasteiger charge is -2.28. The van der Waals surface area contributed by atoms with E-state index in [0.717, 1.165) is 5.75 Å². The van der Waals surface area contributed by atoms with Gasteiger partial charge in [-0.1, -0.05) is 30.3 Å². The second kappa shape index (κ2) is 7.26. The molecule has 1 aliphatic heterocycles. The van der Waals surface area contributed by atoms with E-state index < -0.39 is 11.6 Å². The van der Waals surface area contributed by atoms with Gasteiger partial charge in [0.1, 0.15) is 12.1 Å². The van der Waals surface area contributed by atoms with E-state index in [1.54, 1.807) is 25.6 Å². The molecule has 120 valence electrons. The number of ketones is 1. The topological polar surface area (TPSA) is 81.4 Å². The molecule has 3 N–H and O–H groups in total. The van der Waals surface area contributed by atoms with Crippen molar-refractivity contribution in [3.8, 4) is 0 Å². The van der Waals surface area contributed by atoms with Crippen molar-refractivity contribution in [1.29, 1.82) is 0 Å². The maximum Gasteiger partial charge on any atom is 0.238 e. The highest BCUT2D eigenvalue weighted by molar-refractivity contribution is 7.98. The van der Waals surface area contributed by atoms with Crippen LogP contribution in [-0.4, -0.2) is 41.7 Å². The Morgan fingerprint density at radius 1 is 1.50 bits per heavy atom. The fraction of sp³-hybridized carbons (Fsp3) is 0.500. The van der Waals surface area contributed by atoms with Gasteiger partial charge in [0.15, 0.2) is 5.78 Å². The summed E-state index contributed by atoms with van der Waals surface area (Å²) in [6, 6.07) is 9.36. The van der Waals surface area contributed by atoms with Gasteiger partial charge in [0.05, 0.1) is 12.1 Å². The Bertz CT molecular complexity index is 537. The van der Waals surface area contributed by atoms with Crippen LogP contribution in [0.4, 0.5) is 0 Å². The molecule has 1 aromatic carbocycles. The van der Waals surface area contributed by atoms with E-state index in [-0.39, 0.29) is 24.4 Å². The standard InChI is InChI=1S/C16H22N2O3S/c1-11-16(2,14(19)8-21-11)18-15(20)13(17)10-22-9-12-6-4-3-5-7-12/h3-7,11,13H,8-10,17H2,1-2H3,(H,18,20). The molecule has 22 heavy (non-hydrogen) atoms. The van der Waals surface area contributed by atoms with Crippen LogP contribution in [0.15, 0.2) is 30.3 Å². The van der Waals surface area contributed by atoms with E-state index in [1.807, 2.05) is 30.3 Å². The molecule has 0 bridgehead atoms. The first-order valence-corrected chi connectivity index (χ1v) is 8.43. The van der Waals surface area contributed by atoms with Crippen LogP contribution in [-0.2, 0) is 20.1 Å². The average Bonchev–Trinajstić information content (AvgIpc) is 2.75. The van der Waals surface area contributed by atoms with Crippen molar-refractivity contribution in [1.82, 2.24) is 5.32 Å². The molecule has 2 rings (SSSR count). The van der Waals surface area contributed by atoms with E-state index in [4.69, 9.17) is 10.5 Å². The first-order chi connectivity index (χ1) is 10.4. The number of nitrogens with one attached hydrogen (secondary N) is 1. The predicted octanol–water partition coefficient (Wildman–Crippen LogP) is 1.11. The van der Waals surface area contributed by atoms with Crippen molar-refractivity contribution >= 4 is 23.5 Å².